The van der Waals surface area contributed by atoms with Crippen LogP contribution in [0.3, 0.4) is 0 Å². The number of rotatable bonds is 2. The Bertz CT molecular complexity index is 304. The number of quaternary nitrogens is 1. The second-order valence-electron chi connectivity index (χ2n) is 7.85. The van der Waals surface area contributed by atoms with Crippen molar-refractivity contribution in [2.45, 2.75) is 71.5 Å². The van der Waals surface area contributed by atoms with Crippen LogP contribution in [0, 0.1) is 17.8 Å². The largest absolute Gasteiger partial charge is 0.316 e. The number of piperidine rings is 1. The van der Waals surface area contributed by atoms with E-state index in [0.29, 0.717) is 0 Å². The first kappa shape index (κ1) is 13.9. The summed E-state index contributed by atoms with van der Waals surface area (Å²) in [6.45, 7) is 11.6. The summed E-state index contributed by atoms with van der Waals surface area (Å²) in [7, 11) is 0. The van der Waals surface area contributed by atoms with E-state index in [0.717, 1.165) is 30.0 Å². The third-order valence-corrected chi connectivity index (χ3v) is 6.28. The van der Waals surface area contributed by atoms with Crippen LogP contribution in [0.4, 0.5) is 0 Å². The maximum atomic E-state index is 2.81. The minimum atomic E-state index is 0.861. The average molecular weight is 265 g/mol. The molecular formula is C17H33N2+. The van der Waals surface area contributed by atoms with Crippen LogP contribution < -0.4 is 4.90 Å². The van der Waals surface area contributed by atoms with Gasteiger partial charge in [-0.25, -0.2) is 4.90 Å². The van der Waals surface area contributed by atoms with Crippen molar-refractivity contribution < 1.29 is 4.90 Å². The molecule has 1 aliphatic carbocycles. The number of hydrogen-bond donors (Lipinski definition) is 1. The Labute approximate surface area is 119 Å². The van der Waals surface area contributed by atoms with E-state index in [1.54, 1.807) is 0 Å². The molecule has 3 aliphatic rings. The highest BCUT2D eigenvalue weighted by atomic mass is 15.4. The number of fused-ring (bicyclic) bond motifs is 1. The molecular weight excluding hydrogens is 232 g/mol. The van der Waals surface area contributed by atoms with Crippen LogP contribution in [-0.4, -0.2) is 36.7 Å². The standard InChI is InChI=1S/C17H32N2/c1-13-8-9-17-18(10-13)11-15(3)19(17)12-16-7-5-4-6-14(16)2/h13-17H,4-12H2,1-3H3/p+1. The monoisotopic (exact) mass is 265 g/mol. The summed E-state index contributed by atoms with van der Waals surface area (Å²) in [5.74, 6) is 2.91. The summed E-state index contributed by atoms with van der Waals surface area (Å²) in [5, 5.41) is 0. The van der Waals surface area contributed by atoms with Gasteiger partial charge in [0.15, 0.2) is 0 Å². The second-order valence-corrected chi connectivity index (χ2v) is 7.85. The highest BCUT2D eigenvalue weighted by molar-refractivity contribution is 4.81. The van der Waals surface area contributed by atoms with Gasteiger partial charge in [-0.1, -0.05) is 33.1 Å². The fraction of sp³-hybridized carbons (Fsp3) is 1.00. The van der Waals surface area contributed by atoms with Gasteiger partial charge < -0.3 is 4.90 Å². The van der Waals surface area contributed by atoms with Crippen molar-refractivity contribution in [3.63, 3.8) is 0 Å². The molecule has 2 aliphatic heterocycles. The molecule has 6 unspecified atom stereocenters. The third-order valence-electron chi connectivity index (χ3n) is 6.28. The normalized spacial score (nSPS) is 48.2. The average Bonchev–Trinajstić information content (AvgIpc) is 2.68. The maximum Gasteiger partial charge on any atom is 0.144 e. The van der Waals surface area contributed by atoms with Crippen LogP contribution in [0.5, 0.6) is 0 Å². The third kappa shape index (κ3) is 2.85. The Hall–Kier alpha value is -0.0800. The Morgan fingerprint density at radius 2 is 1.74 bits per heavy atom. The number of hydrogen-bond acceptors (Lipinski definition) is 1. The molecule has 3 rings (SSSR count). The SMILES string of the molecule is CC1CCC2N(C1)CC(C)[NH+]2CC1CCCCC1C. The van der Waals surface area contributed by atoms with E-state index in [1.807, 2.05) is 4.90 Å². The Kier molecular flexibility index (Phi) is 4.19. The van der Waals surface area contributed by atoms with Gasteiger partial charge in [0.2, 0.25) is 0 Å². The first-order chi connectivity index (χ1) is 9.15. The van der Waals surface area contributed by atoms with Crippen molar-refractivity contribution in [1.82, 2.24) is 4.90 Å². The van der Waals surface area contributed by atoms with E-state index in [-0.39, 0.29) is 0 Å². The van der Waals surface area contributed by atoms with Gasteiger partial charge in [0.25, 0.3) is 0 Å². The van der Waals surface area contributed by atoms with E-state index in [4.69, 9.17) is 0 Å². The lowest BCUT2D eigenvalue weighted by molar-refractivity contribution is -0.943. The van der Waals surface area contributed by atoms with Crippen molar-refractivity contribution in [2.24, 2.45) is 17.8 Å². The van der Waals surface area contributed by atoms with E-state index in [1.165, 1.54) is 58.2 Å². The highest BCUT2D eigenvalue weighted by Crippen LogP contribution is 2.29. The molecule has 2 saturated heterocycles. The molecule has 2 heterocycles. The zero-order valence-electron chi connectivity index (χ0n) is 13.2. The van der Waals surface area contributed by atoms with Crippen molar-refractivity contribution in [2.75, 3.05) is 19.6 Å². The lowest BCUT2D eigenvalue weighted by atomic mass is 9.80. The fourth-order valence-electron chi connectivity index (χ4n) is 5.00. The smallest absolute Gasteiger partial charge is 0.144 e. The molecule has 2 nitrogen and oxygen atoms in total. The van der Waals surface area contributed by atoms with Crippen molar-refractivity contribution in [3.8, 4) is 0 Å². The maximum absolute atomic E-state index is 2.81. The lowest BCUT2D eigenvalue weighted by Gasteiger charge is -2.37. The summed E-state index contributed by atoms with van der Waals surface area (Å²) >= 11 is 0. The molecule has 1 saturated carbocycles. The zero-order valence-corrected chi connectivity index (χ0v) is 13.2. The topological polar surface area (TPSA) is 7.68 Å². The quantitative estimate of drug-likeness (QED) is 0.804. The predicted octanol–water partition coefficient (Wildman–Crippen LogP) is 2.16. The Morgan fingerprint density at radius 3 is 2.53 bits per heavy atom. The molecule has 0 bridgehead atoms. The summed E-state index contributed by atoms with van der Waals surface area (Å²) in [4.78, 5) is 4.74. The van der Waals surface area contributed by atoms with E-state index in [9.17, 15) is 0 Å². The van der Waals surface area contributed by atoms with E-state index >= 15 is 0 Å². The minimum absolute atomic E-state index is 0.861. The summed E-state index contributed by atoms with van der Waals surface area (Å²) in [5.41, 5.74) is 0. The van der Waals surface area contributed by atoms with Gasteiger partial charge in [-0.3, -0.25) is 0 Å². The summed E-state index contributed by atoms with van der Waals surface area (Å²) in [6.07, 6.45) is 9.72. The molecule has 0 amide bonds. The first-order valence-corrected chi connectivity index (χ1v) is 8.74. The second kappa shape index (κ2) is 5.73. The molecule has 3 fully saturated rings. The van der Waals surface area contributed by atoms with Crippen LogP contribution in [0.15, 0.2) is 0 Å². The molecule has 0 radical (unpaired) electrons. The van der Waals surface area contributed by atoms with Crippen molar-refractivity contribution >= 4 is 0 Å². The molecule has 0 spiro atoms. The van der Waals surface area contributed by atoms with Gasteiger partial charge in [-0.2, -0.15) is 0 Å². The molecule has 110 valence electrons. The molecule has 0 aromatic rings. The number of nitrogens with zero attached hydrogens (tertiary/aromatic N) is 1. The molecule has 0 aromatic carbocycles. The predicted molar refractivity (Wildman–Crippen MR) is 80.2 cm³/mol. The first-order valence-electron chi connectivity index (χ1n) is 8.74. The van der Waals surface area contributed by atoms with Crippen LogP contribution in [-0.2, 0) is 0 Å². The van der Waals surface area contributed by atoms with Gasteiger partial charge in [0.1, 0.15) is 6.17 Å². The van der Waals surface area contributed by atoms with Gasteiger partial charge in [-0.15, -0.1) is 0 Å². The molecule has 6 atom stereocenters. The van der Waals surface area contributed by atoms with Crippen LogP contribution in [0.2, 0.25) is 0 Å². The molecule has 1 N–H and O–H groups in total. The van der Waals surface area contributed by atoms with E-state index in [2.05, 4.69) is 25.7 Å². The Morgan fingerprint density at radius 1 is 0.947 bits per heavy atom. The molecule has 19 heavy (non-hydrogen) atoms. The molecule has 2 heteroatoms. The zero-order chi connectivity index (χ0) is 13.4. The Balaban J connectivity index is 1.63. The van der Waals surface area contributed by atoms with Gasteiger partial charge in [-0.05, 0) is 31.6 Å². The fourth-order valence-corrected chi connectivity index (χ4v) is 5.00. The van der Waals surface area contributed by atoms with Gasteiger partial charge in [0.05, 0.1) is 19.1 Å². The summed E-state index contributed by atoms with van der Waals surface area (Å²) in [6, 6.07) is 0.865. The highest BCUT2D eigenvalue weighted by Gasteiger charge is 2.44. The van der Waals surface area contributed by atoms with Crippen molar-refractivity contribution in [3.05, 3.63) is 0 Å². The van der Waals surface area contributed by atoms with Gasteiger partial charge in [0, 0.05) is 18.9 Å². The van der Waals surface area contributed by atoms with Gasteiger partial charge >= 0.3 is 0 Å². The van der Waals surface area contributed by atoms with Crippen LogP contribution in [0.1, 0.15) is 59.3 Å². The lowest BCUT2D eigenvalue weighted by Crippen LogP contribution is -3.18. The number of nitrogens with one attached hydrogen (secondary N) is 1. The summed E-state index contributed by atoms with van der Waals surface area (Å²) < 4.78 is 0. The minimum Gasteiger partial charge on any atom is -0.316 e. The van der Waals surface area contributed by atoms with Crippen molar-refractivity contribution in [1.29, 1.82) is 0 Å². The molecule has 0 aromatic heterocycles. The van der Waals surface area contributed by atoms with Crippen LogP contribution in [0.25, 0.3) is 0 Å². The van der Waals surface area contributed by atoms with Crippen LogP contribution >= 0.6 is 0 Å². The van der Waals surface area contributed by atoms with E-state index < -0.39 is 0 Å².